The highest BCUT2D eigenvalue weighted by Crippen LogP contribution is 2.29. The van der Waals surface area contributed by atoms with Gasteiger partial charge in [-0.15, -0.1) is 0 Å². The zero-order valence-corrected chi connectivity index (χ0v) is 14.4. The molecule has 130 valence electrons. The lowest BCUT2D eigenvalue weighted by Crippen LogP contribution is -2.49. The van der Waals surface area contributed by atoms with Crippen LogP contribution in [0.2, 0.25) is 0 Å². The lowest BCUT2D eigenvalue weighted by atomic mass is 10.0. The molecule has 0 saturated carbocycles. The Bertz CT molecular complexity index is 668. The van der Waals surface area contributed by atoms with Gasteiger partial charge in [0, 0.05) is 46.0 Å². The normalized spacial score (nSPS) is 27.6. The quantitative estimate of drug-likeness (QED) is 0.768. The van der Waals surface area contributed by atoms with Gasteiger partial charge < -0.3 is 9.84 Å². The molecular formula is C14H24N4O4S. The van der Waals surface area contributed by atoms with Gasteiger partial charge in [-0.3, -0.25) is 9.58 Å². The van der Waals surface area contributed by atoms with Gasteiger partial charge in [0.15, 0.2) is 0 Å². The third kappa shape index (κ3) is 3.43. The Morgan fingerprint density at radius 3 is 2.65 bits per heavy atom. The second kappa shape index (κ2) is 6.14. The average molecular weight is 344 g/mol. The van der Waals surface area contributed by atoms with Crippen LogP contribution in [0.1, 0.15) is 12.1 Å². The van der Waals surface area contributed by atoms with Crippen LogP contribution in [0.5, 0.6) is 0 Å². The number of nitrogens with zero attached hydrogens (tertiary/aromatic N) is 4. The number of morpholine rings is 1. The van der Waals surface area contributed by atoms with Gasteiger partial charge in [0.25, 0.3) is 0 Å². The van der Waals surface area contributed by atoms with Crippen LogP contribution in [0.15, 0.2) is 11.1 Å². The van der Waals surface area contributed by atoms with Crippen LogP contribution in [-0.2, 0) is 21.8 Å². The number of hydrogen-bond acceptors (Lipinski definition) is 6. The zero-order chi connectivity index (χ0) is 16.7. The predicted molar refractivity (Wildman–Crippen MR) is 83.5 cm³/mol. The molecule has 0 bridgehead atoms. The summed E-state index contributed by atoms with van der Waals surface area (Å²) < 4.78 is 33.7. The number of ether oxygens (including phenoxy) is 1. The molecule has 2 aliphatic rings. The SMILES string of the molecule is Cc1nn(C)cc1S(=O)(=O)N1CCC(O)(CN2CCOCC2)C1. The van der Waals surface area contributed by atoms with Crippen molar-refractivity contribution in [2.24, 2.45) is 7.05 Å². The highest BCUT2D eigenvalue weighted by atomic mass is 32.2. The average Bonchev–Trinajstić information content (AvgIpc) is 3.03. The molecule has 3 rings (SSSR count). The molecule has 2 fully saturated rings. The predicted octanol–water partition coefficient (Wildman–Crippen LogP) is -0.814. The van der Waals surface area contributed by atoms with Crippen molar-refractivity contribution < 1.29 is 18.3 Å². The van der Waals surface area contributed by atoms with Crippen molar-refractivity contribution in [1.82, 2.24) is 19.0 Å². The summed E-state index contributed by atoms with van der Waals surface area (Å²) in [6.07, 6.45) is 1.97. The summed E-state index contributed by atoms with van der Waals surface area (Å²) in [7, 11) is -1.91. The number of rotatable bonds is 4. The van der Waals surface area contributed by atoms with Crippen LogP contribution in [0.3, 0.4) is 0 Å². The van der Waals surface area contributed by atoms with E-state index in [4.69, 9.17) is 4.74 Å². The first-order valence-corrected chi connectivity index (χ1v) is 9.27. The molecule has 0 spiro atoms. The number of hydrogen-bond donors (Lipinski definition) is 1. The van der Waals surface area contributed by atoms with Gasteiger partial charge >= 0.3 is 0 Å². The first-order valence-electron chi connectivity index (χ1n) is 7.83. The number of aryl methyl sites for hydroxylation is 2. The summed E-state index contributed by atoms with van der Waals surface area (Å²) in [4.78, 5) is 2.35. The molecule has 3 heterocycles. The Kier molecular flexibility index (Phi) is 4.49. The second-order valence-corrected chi connectivity index (χ2v) is 8.36. The van der Waals surface area contributed by atoms with E-state index >= 15 is 0 Å². The third-order valence-corrected chi connectivity index (χ3v) is 6.45. The first kappa shape index (κ1) is 16.8. The van der Waals surface area contributed by atoms with Gasteiger partial charge in [0.05, 0.1) is 24.5 Å². The van der Waals surface area contributed by atoms with E-state index in [1.165, 1.54) is 15.2 Å². The lowest BCUT2D eigenvalue weighted by Gasteiger charge is -2.33. The van der Waals surface area contributed by atoms with Crippen molar-refractivity contribution in [2.45, 2.75) is 23.8 Å². The molecule has 0 aliphatic carbocycles. The maximum absolute atomic E-state index is 12.8. The number of sulfonamides is 1. The minimum Gasteiger partial charge on any atom is -0.387 e. The van der Waals surface area contributed by atoms with E-state index in [1.54, 1.807) is 14.0 Å². The second-order valence-electron chi connectivity index (χ2n) is 6.45. The van der Waals surface area contributed by atoms with E-state index in [2.05, 4.69) is 10.00 Å². The molecule has 1 N–H and O–H groups in total. The molecule has 8 nitrogen and oxygen atoms in total. The Balaban J connectivity index is 1.72. The van der Waals surface area contributed by atoms with Gasteiger partial charge in [-0.1, -0.05) is 0 Å². The fraction of sp³-hybridized carbons (Fsp3) is 0.786. The monoisotopic (exact) mass is 344 g/mol. The Morgan fingerprint density at radius 1 is 1.35 bits per heavy atom. The molecule has 2 saturated heterocycles. The number of β-amino-alcohol motifs (C(OH)–C–C–N with tert-alkyl or cyclic N) is 1. The van der Waals surface area contributed by atoms with Gasteiger partial charge in [-0.05, 0) is 13.3 Å². The standard InChI is InChI=1S/C14H24N4O4S/c1-12-13(9-16(2)15-12)23(20,21)18-4-3-14(19,11-18)10-17-5-7-22-8-6-17/h9,19H,3-8,10-11H2,1-2H3. The molecule has 1 unspecified atom stereocenters. The van der Waals surface area contributed by atoms with Gasteiger partial charge in [0.1, 0.15) is 4.90 Å². The number of aromatic nitrogens is 2. The molecule has 1 aromatic heterocycles. The van der Waals surface area contributed by atoms with Gasteiger partial charge in [-0.25, -0.2) is 8.42 Å². The smallest absolute Gasteiger partial charge is 0.246 e. The minimum absolute atomic E-state index is 0.126. The maximum atomic E-state index is 12.8. The minimum atomic E-state index is -3.61. The Hall–Kier alpha value is -1.00. The van der Waals surface area contributed by atoms with E-state index in [0.717, 1.165) is 13.1 Å². The van der Waals surface area contributed by atoms with Crippen molar-refractivity contribution in [3.63, 3.8) is 0 Å². The van der Waals surface area contributed by atoms with Crippen molar-refractivity contribution in [2.75, 3.05) is 45.9 Å². The molecule has 1 atom stereocenters. The summed E-state index contributed by atoms with van der Waals surface area (Å²) in [5.41, 5.74) is -0.517. The van der Waals surface area contributed by atoms with Crippen molar-refractivity contribution in [1.29, 1.82) is 0 Å². The van der Waals surface area contributed by atoms with E-state index in [9.17, 15) is 13.5 Å². The summed E-state index contributed by atoms with van der Waals surface area (Å²) >= 11 is 0. The van der Waals surface area contributed by atoms with Crippen molar-refractivity contribution in [3.05, 3.63) is 11.9 Å². The molecule has 1 aromatic rings. The Morgan fingerprint density at radius 2 is 2.04 bits per heavy atom. The van der Waals surface area contributed by atoms with Crippen LogP contribution in [-0.4, -0.2) is 84.0 Å². The maximum Gasteiger partial charge on any atom is 0.246 e. The summed E-state index contributed by atoms with van der Waals surface area (Å²) in [6.45, 7) is 5.49. The molecule has 9 heteroatoms. The van der Waals surface area contributed by atoms with Crippen molar-refractivity contribution in [3.8, 4) is 0 Å². The van der Waals surface area contributed by atoms with Crippen molar-refractivity contribution >= 4 is 10.0 Å². The fourth-order valence-electron chi connectivity index (χ4n) is 3.30. The van der Waals surface area contributed by atoms with Crippen LogP contribution in [0.25, 0.3) is 0 Å². The topological polar surface area (TPSA) is 87.9 Å². The van der Waals surface area contributed by atoms with Gasteiger partial charge in [-0.2, -0.15) is 9.40 Å². The largest absolute Gasteiger partial charge is 0.387 e. The first-order chi connectivity index (χ1) is 10.8. The highest BCUT2D eigenvalue weighted by molar-refractivity contribution is 7.89. The highest BCUT2D eigenvalue weighted by Gasteiger charge is 2.43. The van der Waals surface area contributed by atoms with E-state index in [1.807, 2.05) is 0 Å². The molecule has 2 aliphatic heterocycles. The van der Waals surface area contributed by atoms with Crippen LogP contribution in [0, 0.1) is 6.92 Å². The van der Waals surface area contributed by atoms with Crippen LogP contribution >= 0.6 is 0 Å². The third-order valence-electron chi connectivity index (χ3n) is 4.51. The molecule has 0 amide bonds. The fourth-order valence-corrected chi connectivity index (χ4v) is 5.02. The lowest BCUT2D eigenvalue weighted by molar-refractivity contribution is -0.0239. The summed E-state index contributed by atoms with van der Waals surface area (Å²) in [5.74, 6) is 0. The van der Waals surface area contributed by atoms with Crippen LogP contribution < -0.4 is 0 Å². The number of aliphatic hydroxyl groups is 1. The van der Waals surface area contributed by atoms with E-state index in [0.29, 0.717) is 38.4 Å². The molecular weight excluding hydrogens is 320 g/mol. The summed E-state index contributed by atoms with van der Waals surface area (Å²) in [6, 6.07) is 0. The molecule has 0 radical (unpaired) electrons. The van der Waals surface area contributed by atoms with E-state index in [-0.39, 0.29) is 11.4 Å². The summed E-state index contributed by atoms with van der Waals surface area (Å²) in [5, 5.41) is 14.9. The van der Waals surface area contributed by atoms with E-state index < -0.39 is 15.6 Å². The molecule has 0 aromatic carbocycles. The van der Waals surface area contributed by atoms with Gasteiger partial charge in [0.2, 0.25) is 10.0 Å². The van der Waals surface area contributed by atoms with Crippen LogP contribution in [0.4, 0.5) is 0 Å². The zero-order valence-electron chi connectivity index (χ0n) is 13.6. The molecule has 23 heavy (non-hydrogen) atoms. The Labute approximate surface area is 136 Å².